The summed E-state index contributed by atoms with van der Waals surface area (Å²) in [5.41, 5.74) is 1.84. The molecule has 1 heterocycles. The van der Waals surface area contributed by atoms with Crippen LogP contribution in [-0.4, -0.2) is 51.8 Å². The first-order chi connectivity index (χ1) is 14.0. The van der Waals surface area contributed by atoms with Gasteiger partial charge in [-0.2, -0.15) is 0 Å². The van der Waals surface area contributed by atoms with Gasteiger partial charge in [0, 0.05) is 0 Å². The molecule has 2 aromatic carbocycles. The number of thiazole rings is 1. The van der Waals surface area contributed by atoms with Crippen LogP contribution in [0.4, 0.5) is 5.13 Å². The Morgan fingerprint density at radius 1 is 1.14 bits per heavy atom. The molecule has 29 heavy (non-hydrogen) atoms. The van der Waals surface area contributed by atoms with Crippen LogP contribution in [0.1, 0.15) is 12.5 Å². The number of amides is 1. The number of methoxy groups -OCH3 is 1. The number of hydrogen-bond donors (Lipinski definition) is 1. The molecule has 0 aliphatic heterocycles. The standard InChI is InChI=1S/C22H27N3O3S/c1-5-28-17-8-6-16(7-9-17)14-21(26)25(13-12-24(2)3)22-23-19-11-10-18(27-4)15-20(19)29-22/h6-11,15H,5,12-14H2,1-4H3/p+1. The number of nitrogens with zero attached hydrogens (tertiary/aromatic N) is 2. The van der Waals surface area contributed by atoms with Gasteiger partial charge in [-0.05, 0) is 42.8 Å². The Kier molecular flexibility index (Phi) is 7.06. The second-order valence-corrected chi connectivity index (χ2v) is 8.10. The van der Waals surface area contributed by atoms with E-state index in [1.807, 2.05) is 49.4 Å². The predicted octanol–water partition coefficient (Wildman–Crippen LogP) is 2.42. The quantitative estimate of drug-likeness (QED) is 0.584. The Morgan fingerprint density at radius 3 is 2.52 bits per heavy atom. The summed E-state index contributed by atoms with van der Waals surface area (Å²) < 4.78 is 11.8. The number of quaternary nitrogens is 1. The second kappa shape index (κ2) is 9.71. The summed E-state index contributed by atoms with van der Waals surface area (Å²) in [7, 11) is 5.81. The molecule has 0 bridgehead atoms. The zero-order chi connectivity index (χ0) is 20.8. The first-order valence-electron chi connectivity index (χ1n) is 9.76. The number of carbonyl (C=O) groups is 1. The van der Waals surface area contributed by atoms with E-state index in [9.17, 15) is 4.79 Å². The molecular weight excluding hydrogens is 386 g/mol. The fraction of sp³-hybridized carbons (Fsp3) is 0.364. The van der Waals surface area contributed by atoms with Crippen molar-refractivity contribution in [3.05, 3.63) is 48.0 Å². The van der Waals surface area contributed by atoms with Crippen LogP contribution in [0.2, 0.25) is 0 Å². The van der Waals surface area contributed by atoms with E-state index < -0.39 is 0 Å². The summed E-state index contributed by atoms with van der Waals surface area (Å²) in [6, 6.07) is 13.5. The molecule has 0 unspecified atom stereocenters. The van der Waals surface area contributed by atoms with Gasteiger partial charge in [0.15, 0.2) is 5.13 Å². The molecule has 3 rings (SSSR count). The first-order valence-corrected chi connectivity index (χ1v) is 10.6. The van der Waals surface area contributed by atoms with Crippen LogP contribution < -0.4 is 19.3 Å². The maximum atomic E-state index is 13.2. The van der Waals surface area contributed by atoms with E-state index in [0.29, 0.717) is 19.6 Å². The van der Waals surface area contributed by atoms with Crippen LogP contribution in [0.15, 0.2) is 42.5 Å². The highest BCUT2D eigenvalue weighted by molar-refractivity contribution is 7.22. The number of aromatic nitrogens is 1. The van der Waals surface area contributed by atoms with Crippen LogP contribution in [0.25, 0.3) is 10.2 Å². The minimum Gasteiger partial charge on any atom is -0.497 e. The molecule has 0 saturated heterocycles. The molecule has 0 saturated carbocycles. The molecule has 0 aliphatic carbocycles. The Morgan fingerprint density at radius 2 is 1.86 bits per heavy atom. The van der Waals surface area contributed by atoms with Crippen molar-refractivity contribution in [1.82, 2.24) is 4.98 Å². The Balaban J connectivity index is 1.82. The third-order valence-electron chi connectivity index (χ3n) is 4.54. The third kappa shape index (κ3) is 5.46. The lowest BCUT2D eigenvalue weighted by atomic mass is 10.1. The van der Waals surface area contributed by atoms with Crippen molar-refractivity contribution in [3.8, 4) is 11.5 Å². The largest absolute Gasteiger partial charge is 0.497 e. The molecule has 3 aromatic rings. The van der Waals surface area contributed by atoms with Crippen LogP contribution >= 0.6 is 11.3 Å². The number of rotatable bonds is 9. The molecule has 154 valence electrons. The van der Waals surface area contributed by atoms with E-state index in [0.717, 1.165) is 39.0 Å². The minimum atomic E-state index is 0.0430. The molecule has 1 aromatic heterocycles. The zero-order valence-corrected chi connectivity index (χ0v) is 18.2. The van der Waals surface area contributed by atoms with Gasteiger partial charge in [0.25, 0.3) is 0 Å². The smallest absolute Gasteiger partial charge is 0.233 e. The molecular formula is C22H28N3O3S+. The predicted molar refractivity (Wildman–Crippen MR) is 118 cm³/mol. The molecule has 0 spiro atoms. The highest BCUT2D eigenvalue weighted by Crippen LogP contribution is 2.31. The van der Waals surface area contributed by atoms with Gasteiger partial charge in [-0.15, -0.1) is 0 Å². The fourth-order valence-electron chi connectivity index (χ4n) is 2.94. The number of likely N-dealkylation sites (N-methyl/N-ethyl adjacent to an activating group) is 1. The fourth-order valence-corrected chi connectivity index (χ4v) is 3.98. The summed E-state index contributed by atoms with van der Waals surface area (Å²) in [4.78, 5) is 21.0. The third-order valence-corrected chi connectivity index (χ3v) is 5.58. The lowest BCUT2D eigenvalue weighted by molar-refractivity contribution is -0.856. The molecule has 1 amide bonds. The SMILES string of the molecule is CCOc1ccc(CC(=O)N(CC[NH+](C)C)c2nc3ccc(OC)cc3s2)cc1. The molecule has 0 atom stereocenters. The van der Waals surface area contributed by atoms with Gasteiger partial charge in [-0.25, -0.2) is 4.98 Å². The monoisotopic (exact) mass is 414 g/mol. The summed E-state index contributed by atoms with van der Waals surface area (Å²) >= 11 is 1.52. The molecule has 1 N–H and O–H groups in total. The van der Waals surface area contributed by atoms with E-state index in [1.54, 1.807) is 12.0 Å². The summed E-state index contributed by atoms with van der Waals surface area (Å²) in [5.74, 6) is 1.65. The number of ether oxygens (including phenoxy) is 2. The van der Waals surface area contributed by atoms with Crippen molar-refractivity contribution in [2.24, 2.45) is 0 Å². The number of benzene rings is 2. The van der Waals surface area contributed by atoms with E-state index in [4.69, 9.17) is 14.5 Å². The van der Waals surface area contributed by atoms with Crippen molar-refractivity contribution in [2.45, 2.75) is 13.3 Å². The second-order valence-electron chi connectivity index (χ2n) is 7.09. The van der Waals surface area contributed by atoms with E-state index >= 15 is 0 Å². The lowest BCUT2D eigenvalue weighted by Crippen LogP contribution is -3.06. The van der Waals surface area contributed by atoms with E-state index in [-0.39, 0.29) is 5.91 Å². The number of nitrogens with one attached hydrogen (secondary N) is 1. The van der Waals surface area contributed by atoms with Gasteiger partial charge in [-0.3, -0.25) is 9.69 Å². The van der Waals surface area contributed by atoms with Crippen molar-refractivity contribution in [2.75, 3.05) is 45.8 Å². The molecule has 0 aliphatic rings. The van der Waals surface area contributed by atoms with Gasteiger partial charge in [0.1, 0.15) is 11.5 Å². The molecule has 7 heteroatoms. The van der Waals surface area contributed by atoms with Gasteiger partial charge in [-0.1, -0.05) is 23.5 Å². The topological polar surface area (TPSA) is 56.1 Å². The average molecular weight is 415 g/mol. The molecule has 0 fully saturated rings. The first kappa shape index (κ1) is 21.1. The Labute approximate surface area is 175 Å². The Bertz CT molecular complexity index is 954. The van der Waals surface area contributed by atoms with E-state index in [2.05, 4.69) is 14.1 Å². The summed E-state index contributed by atoms with van der Waals surface area (Å²) in [5, 5.41) is 0.727. The van der Waals surface area contributed by atoms with Crippen LogP contribution in [0.5, 0.6) is 11.5 Å². The van der Waals surface area contributed by atoms with Crippen molar-refractivity contribution in [3.63, 3.8) is 0 Å². The van der Waals surface area contributed by atoms with Gasteiger partial charge in [0.2, 0.25) is 5.91 Å². The molecule has 0 radical (unpaired) electrons. The number of carbonyl (C=O) groups excluding carboxylic acids is 1. The van der Waals surface area contributed by atoms with E-state index in [1.165, 1.54) is 16.2 Å². The highest BCUT2D eigenvalue weighted by Gasteiger charge is 2.21. The van der Waals surface area contributed by atoms with Crippen molar-refractivity contribution < 1.29 is 19.2 Å². The number of fused-ring (bicyclic) bond motifs is 1. The van der Waals surface area contributed by atoms with Gasteiger partial charge < -0.3 is 14.4 Å². The van der Waals surface area contributed by atoms with Gasteiger partial charge in [0.05, 0.1) is 57.5 Å². The van der Waals surface area contributed by atoms with Gasteiger partial charge >= 0.3 is 0 Å². The summed E-state index contributed by atoms with van der Waals surface area (Å²) in [6.07, 6.45) is 0.328. The minimum absolute atomic E-state index is 0.0430. The van der Waals surface area contributed by atoms with Crippen molar-refractivity contribution in [1.29, 1.82) is 0 Å². The maximum Gasteiger partial charge on any atom is 0.233 e. The lowest BCUT2D eigenvalue weighted by Gasteiger charge is -2.20. The van der Waals surface area contributed by atoms with Crippen molar-refractivity contribution >= 4 is 32.6 Å². The Hall–Kier alpha value is -2.64. The molecule has 6 nitrogen and oxygen atoms in total. The van der Waals surface area contributed by atoms with Crippen LogP contribution in [0, 0.1) is 0 Å². The average Bonchev–Trinajstić information content (AvgIpc) is 3.12. The zero-order valence-electron chi connectivity index (χ0n) is 17.4. The number of anilines is 1. The maximum absolute atomic E-state index is 13.2. The highest BCUT2D eigenvalue weighted by atomic mass is 32.1. The summed E-state index contributed by atoms with van der Waals surface area (Å²) in [6.45, 7) is 4.04. The van der Waals surface area contributed by atoms with Crippen LogP contribution in [0.3, 0.4) is 0 Å². The number of hydrogen-bond acceptors (Lipinski definition) is 5. The normalized spacial score (nSPS) is 11.1. The van der Waals surface area contributed by atoms with Crippen LogP contribution in [-0.2, 0) is 11.2 Å².